The fourth-order valence-electron chi connectivity index (χ4n) is 1.19. The Labute approximate surface area is 94.8 Å². The van der Waals surface area contributed by atoms with Gasteiger partial charge in [0.2, 0.25) is 10.0 Å². The van der Waals surface area contributed by atoms with Crippen molar-refractivity contribution in [2.75, 3.05) is 11.1 Å². The van der Waals surface area contributed by atoms with Crippen LogP contribution in [0.4, 0.5) is 0 Å². The van der Waals surface area contributed by atoms with E-state index in [1.807, 2.05) is 13.8 Å². The van der Waals surface area contributed by atoms with Crippen molar-refractivity contribution in [1.29, 1.82) is 0 Å². The molecule has 0 spiro atoms. The second-order valence-corrected chi connectivity index (χ2v) is 6.92. The van der Waals surface area contributed by atoms with Gasteiger partial charge in [0.15, 0.2) is 0 Å². The minimum atomic E-state index is -3.06. The summed E-state index contributed by atoms with van der Waals surface area (Å²) in [5.74, 6) is 0.685. The maximum Gasteiger partial charge on any atom is 0.212 e. The summed E-state index contributed by atoms with van der Waals surface area (Å²) in [4.78, 5) is 0. The lowest BCUT2D eigenvalue weighted by Gasteiger charge is -2.14. The predicted molar refractivity (Wildman–Crippen MR) is 62.1 cm³/mol. The second-order valence-electron chi connectivity index (χ2n) is 4.52. The molecule has 0 aliphatic heterocycles. The van der Waals surface area contributed by atoms with Crippen LogP contribution in [0.5, 0.6) is 0 Å². The van der Waals surface area contributed by atoms with Gasteiger partial charge in [-0.1, -0.05) is 29.8 Å². The molecular formula is C9H18BrNO2S. The van der Waals surface area contributed by atoms with Crippen molar-refractivity contribution in [3.8, 4) is 0 Å². The first-order valence-electron chi connectivity index (χ1n) is 4.97. The van der Waals surface area contributed by atoms with Crippen molar-refractivity contribution in [1.82, 2.24) is 4.72 Å². The van der Waals surface area contributed by atoms with E-state index in [9.17, 15) is 8.42 Å². The van der Waals surface area contributed by atoms with E-state index in [-0.39, 0.29) is 11.3 Å². The van der Waals surface area contributed by atoms with Gasteiger partial charge in [0, 0.05) is 10.9 Å². The first kappa shape index (κ1) is 12.5. The van der Waals surface area contributed by atoms with Crippen LogP contribution in [-0.2, 0) is 10.0 Å². The van der Waals surface area contributed by atoms with E-state index in [0.717, 1.165) is 24.6 Å². The number of nitrogens with one attached hydrogen (secondary N) is 1. The molecule has 0 radical (unpaired) electrons. The zero-order valence-electron chi connectivity index (χ0n) is 8.72. The molecule has 1 fully saturated rings. The van der Waals surface area contributed by atoms with E-state index in [4.69, 9.17) is 0 Å². The van der Waals surface area contributed by atoms with Gasteiger partial charge in [-0.15, -0.1) is 0 Å². The average Bonchev–Trinajstić information content (AvgIpc) is 2.82. The lowest BCUT2D eigenvalue weighted by molar-refractivity contribution is 0.545. The maximum atomic E-state index is 11.6. The van der Waals surface area contributed by atoms with Gasteiger partial charge in [-0.25, -0.2) is 13.1 Å². The highest BCUT2D eigenvalue weighted by molar-refractivity contribution is 9.09. The summed E-state index contributed by atoms with van der Waals surface area (Å²) in [6.07, 6.45) is 2.64. The highest BCUT2D eigenvalue weighted by Gasteiger charge is 2.44. The first-order valence-corrected chi connectivity index (χ1v) is 7.74. The van der Waals surface area contributed by atoms with E-state index >= 15 is 0 Å². The van der Waals surface area contributed by atoms with Crippen molar-refractivity contribution in [3.05, 3.63) is 0 Å². The molecule has 0 aromatic carbocycles. The van der Waals surface area contributed by atoms with Crippen LogP contribution in [0.25, 0.3) is 0 Å². The average molecular weight is 284 g/mol. The summed E-state index contributed by atoms with van der Waals surface area (Å²) >= 11 is 3.34. The van der Waals surface area contributed by atoms with Crippen molar-refractivity contribution < 1.29 is 8.42 Å². The van der Waals surface area contributed by atoms with Gasteiger partial charge in [-0.2, -0.15) is 0 Å². The van der Waals surface area contributed by atoms with Crippen LogP contribution in [0.1, 0.15) is 33.1 Å². The fourth-order valence-corrected chi connectivity index (χ4v) is 3.89. The number of hydrogen-bond donors (Lipinski definition) is 1. The Morgan fingerprint density at radius 2 is 2.00 bits per heavy atom. The van der Waals surface area contributed by atoms with Gasteiger partial charge in [0.25, 0.3) is 0 Å². The molecular weight excluding hydrogens is 266 g/mol. The van der Waals surface area contributed by atoms with Gasteiger partial charge < -0.3 is 0 Å². The normalized spacial score (nSPS) is 20.0. The largest absolute Gasteiger partial charge is 0.212 e. The molecule has 0 saturated heterocycles. The number of halogens is 1. The summed E-state index contributed by atoms with van der Waals surface area (Å²) in [5.41, 5.74) is -0.157. The molecule has 0 aromatic heterocycles. The number of hydrogen-bond acceptors (Lipinski definition) is 2. The molecule has 1 saturated carbocycles. The third kappa shape index (κ3) is 3.87. The lowest BCUT2D eigenvalue weighted by atomic mass is 10.2. The molecule has 1 aliphatic carbocycles. The summed E-state index contributed by atoms with van der Waals surface area (Å²) < 4.78 is 26.0. The van der Waals surface area contributed by atoms with E-state index in [1.54, 1.807) is 0 Å². The standard InChI is InChI=1S/C9H18BrNO2S/c1-8(2)3-6-14(12,13)11-9(7-10)4-5-9/h8,11H,3-7H2,1-2H3. The van der Waals surface area contributed by atoms with Crippen molar-refractivity contribution >= 4 is 26.0 Å². The number of rotatable bonds is 6. The third-order valence-electron chi connectivity index (χ3n) is 2.45. The van der Waals surface area contributed by atoms with Gasteiger partial charge >= 0.3 is 0 Å². The van der Waals surface area contributed by atoms with Gasteiger partial charge in [0.05, 0.1) is 5.75 Å². The lowest BCUT2D eigenvalue weighted by Crippen LogP contribution is -2.39. The molecule has 3 nitrogen and oxygen atoms in total. The summed E-state index contributed by atoms with van der Waals surface area (Å²) in [5, 5.41) is 0.723. The molecule has 5 heteroatoms. The first-order chi connectivity index (χ1) is 6.39. The highest BCUT2D eigenvalue weighted by atomic mass is 79.9. The van der Waals surface area contributed by atoms with Crippen LogP contribution in [-0.4, -0.2) is 25.0 Å². The van der Waals surface area contributed by atoms with Gasteiger partial charge in [-0.05, 0) is 25.2 Å². The molecule has 14 heavy (non-hydrogen) atoms. The molecule has 0 heterocycles. The van der Waals surface area contributed by atoms with E-state index < -0.39 is 10.0 Å². The minimum absolute atomic E-state index is 0.157. The van der Waals surface area contributed by atoms with Crippen molar-refractivity contribution in [2.24, 2.45) is 5.92 Å². The molecule has 0 bridgehead atoms. The molecule has 1 rings (SSSR count). The third-order valence-corrected chi connectivity index (χ3v) is 5.04. The van der Waals surface area contributed by atoms with Crippen molar-refractivity contribution in [3.63, 3.8) is 0 Å². The second kappa shape index (κ2) is 4.49. The molecule has 1 aliphatic rings. The van der Waals surface area contributed by atoms with Gasteiger partial charge in [-0.3, -0.25) is 0 Å². The van der Waals surface area contributed by atoms with Crippen LogP contribution in [0.2, 0.25) is 0 Å². The quantitative estimate of drug-likeness (QED) is 0.757. The fraction of sp³-hybridized carbons (Fsp3) is 1.00. The topological polar surface area (TPSA) is 46.2 Å². The summed E-state index contributed by atoms with van der Waals surface area (Å²) in [6, 6.07) is 0. The Hall–Kier alpha value is 0.390. The number of sulfonamides is 1. The number of alkyl halides is 1. The summed E-state index contributed by atoms with van der Waals surface area (Å²) in [6.45, 7) is 4.07. The van der Waals surface area contributed by atoms with Crippen molar-refractivity contribution in [2.45, 2.75) is 38.6 Å². The Bertz CT molecular complexity index is 283. The molecule has 0 amide bonds. The smallest absolute Gasteiger partial charge is 0.212 e. The SMILES string of the molecule is CC(C)CCS(=O)(=O)NC1(CBr)CC1. The molecule has 1 N–H and O–H groups in total. The van der Waals surface area contributed by atoms with E-state index in [1.165, 1.54) is 0 Å². The zero-order valence-corrected chi connectivity index (χ0v) is 11.1. The Kier molecular flexibility index (Phi) is 4.00. The molecule has 0 aromatic rings. The summed E-state index contributed by atoms with van der Waals surface area (Å²) in [7, 11) is -3.06. The monoisotopic (exact) mass is 283 g/mol. The van der Waals surface area contributed by atoms with E-state index in [2.05, 4.69) is 20.7 Å². The van der Waals surface area contributed by atoms with E-state index in [0.29, 0.717) is 5.92 Å². The maximum absolute atomic E-state index is 11.6. The Morgan fingerprint density at radius 3 is 2.36 bits per heavy atom. The highest BCUT2D eigenvalue weighted by Crippen LogP contribution is 2.37. The van der Waals surface area contributed by atoms with Crippen LogP contribution in [0.3, 0.4) is 0 Å². The van der Waals surface area contributed by atoms with Gasteiger partial charge in [0.1, 0.15) is 0 Å². The minimum Gasteiger partial charge on any atom is -0.212 e. The molecule has 0 unspecified atom stereocenters. The van der Waals surface area contributed by atoms with Crippen LogP contribution in [0.15, 0.2) is 0 Å². The zero-order chi connectivity index (χ0) is 10.8. The predicted octanol–water partition coefficient (Wildman–Crippen LogP) is 1.88. The van der Waals surface area contributed by atoms with Crippen LogP contribution in [0, 0.1) is 5.92 Å². The molecule has 0 atom stereocenters. The molecule has 84 valence electrons. The van der Waals surface area contributed by atoms with Crippen LogP contribution >= 0.6 is 15.9 Å². The van der Waals surface area contributed by atoms with Crippen LogP contribution < -0.4 is 4.72 Å². The Balaban J connectivity index is 2.42. The Morgan fingerprint density at radius 1 is 1.43 bits per heavy atom.